The Morgan fingerprint density at radius 1 is 1.19 bits per heavy atom. The van der Waals surface area contributed by atoms with Crippen molar-refractivity contribution in [2.45, 2.75) is 19.3 Å². The highest BCUT2D eigenvalue weighted by molar-refractivity contribution is 9.10. The van der Waals surface area contributed by atoms with Gasteiger partial charge >= 0.3 is 0 Å². The Hall–Kier alpha value is -2.74. The Kier molecular flexibility index (Phi) is 4.20. The van der Waals surface area contributed by atoms with Crippen molar-refractivity contribution in [3.05, 3.63) is 57.7 Å². The molecule has 1 amide bonds. The Labute approximate surface area is 158 Å². The second-order valence-corrected chi connectivity index (χ2v) is 6.97. The molecule has 0 aliphatic carbocycles. The topological polar surface area (TPSA) is 81.9 Å². The van der Waals surface area contributed by atoms with E-state index in [2.05, 4.69) is 36.5 Å². The van der Waals surface area contributed by atoms with Gasteiger partial charge in [-0.25, -0.2) is 0 Å². The van der Waals surface area contributed by atoms with E-state index in [0.717, 1.165) is 21.3 Å². The van der Waals surface area contributed by atoms with Gasteiger partial charge in [0.1, 0.15) is 5.82 Å². The number of ether oxygens (including phenoxy) is 1. The van der Waals surface area contributed by atoms with E-state index in [4.69, 9.17) is 4.74 Å². The Bertz CT molecular complexity index is 966. The van der Waals surface area contributed by atoms with E-state index in [1.165, 1.54) is 7.11 Å². The highest BCUT2D eigenvalue weighted by Gasteiger charge is 2.32. The summed E-state index contributed by atoms with van der Waals surface area (Å²) in [5.74, 6) is 1.49. The Balaban J connectivity index is 1.82. The molecule has 1 aliphatic rings. The van der Waals surface area contributed by atoms with E-state index < -0.39 is 0 Å². The normalized spacial score (nSPS) is 16.1. The number of methoxy groups -OCH3 is 1. The molecule has 8 heteroatoms. The van der Waals surface area contributed by atoms with Crippen LogP contribution in [0.15, 0.2) is 40.9 Å². The van der Waals surface area contributed by atoms with Gasteiger partial charge in [0.15, 0.2) is 5.82 Å². The summed E-state index contributed by atoms with van der Waals surface area (Å²) >= 11 is 3.45. The van der Waals surface area contributed by atoms with E-state index in [9.17, 15) is 4.79 Å². The maximum absolute atomic E-state index is 12.4. The van der Waals surface area contributed by atoms with Crippen LogP contribution >= 0.6 is 15.9 Å². The van der Waals surface area contributed by atoms with Gasteiger partial charge in [0.2, 0.25) is 11.8 Å². The van der Waals surface area contributed by atoms with Gasteiger partial charge in [0.05, 0.1) is 12.8 Å². The summed E-state index contributed by atoms with van der Waals surface area (Å²) in [6.07, 6.45) is 0.384. The van der Waals surface area contributed by atoms with Gasteiger partial charge in [0, 0.05) is 28.4 Å². The molecule has 1 atom stereocenters. The van der Waals surface area contributed by atoms with E-state index in [1.807, 2.05) is 31.2 Å². The summed E-state index contributed by atoms with van der Waals surface area (Å²) in [4.78, 5) is 12.4. The molecule has 1 aromatic carbocycles. The summed E-state index contributed by atoms with van der Waals surface area (Å²) in [6.45, 7) is 1.94. The number of amides is 1. The van der Waals surface area contributed by atoms with Crippen molar-refractivity contribution in [2.24, 2.45) is 0 Å². The number of nitrogens with one attached hydrogen (secondary N) is 1. The van der Waals surface area contributed by atoms with Gasteiger partial charge in [-0.3, -0.25) is 4.79 Å². The number of hydrogen-bond donors (Lipinski definition) is 1. The largest absolute Gasteiger partial charge is 0.480 e. The summed E-state index contributed by atoms with van der Waals surface area (Å²) in [5.41, 5.74) is 2.93. The summed E-state index contributed by atoms with van der Waals surface area (Å²) < 4.78 is 7.68. The van der Waals surface area contributed by atoms with Crippen LogP contribution < -0.4 is 10.1 Å². The van der Waals surface area contributed by atoms with E-state index in [0.29, 0.717) is 23.9 Å². The average Bonchev–Trinajstić information content (AvgIpc) is 2.98. The van der Waals surface area contributed by atoms with Crippen LogP contribution in [0.25, 0.3) is 5.82 Å². The lowest BCUT2D eigenvalue weighted by Crippen LogP contribution is -2.25. The van der Waals surface area contributed by atoms with Crippen molar-refractivity contribution in [1.82, 2.24) is 20.0 Å². The predicted molar refractivity (Wildman–Crippen MR) is 99.7 cm³/mol. The molecule has 3 aromatic rings. The molecule has 0 bridgehead atoms. The number of nitrogens with zero attached hydrogens (tertiary/aromatic N) is 4. The van der Waals surface area contributed by atoms with Crippen LogP contribution in [0.4, 0.5) is 5.82 Å². The quantitative estimate of drug-likeness (QED) is 0.712. The van der Waals surface area contributed by atoms with E-state index in [1.54, 1.807) is 16.8 Å². The zero-order chi connectivity index (χ0) is 18.3. The Morgan fingerprint density at radius 3 is 2.62 bits per heavy atom. The molecule has 0 radical (unpaired) electrons. The number of carbonyl (C=O) groups is 1. The monoisotopic (exact) mass is 413 g/mol. The van der Waals surface area contributed by atoms with E-state index >= 15 is 0 Å². The minimum atomic E-state index is -0.0493. The molecule has 7 nitrogen and oxygen atoms in total. The number of rotatable bonds is 3. The van der Waals surface area contributed by atoms with Gasteiger partial charge in [-0.1, -0.05) is 28.1 Å². The number of benzene rings is 1. The molecule has 26 heavy (non-hydrogen) atoms. The number of aromatic nitrogens is 4. The summed E-state index contributed by atoms with van der Waals surface area (Å²) in [5, 5.41) is 15.7. The molecular weight excluding hydrogens is 398 g/mol. The first kappa shape index (κ1) is 16.7. The minimum Gasteiger partial charge on any atom is -0.480 e. The third-order valence-corrected chi connectivity index (χ3v) is 4.96. The van der Waals surface area contributed by atoms with Crippen LogP contribution in [0.1, 0.15) is 29.2 Å². The fourth-order valence-electron chi connectivity index (χ4n) is 3.23. The third kappa shape index (κ3) is 2.86. The maximum atomic E-state index is 12.4. The van der Waals surface area contributed by atoms with Gasteiger partial charge in [-0.15, -0.1) is 10.2 Å². The first-order chi connectivity index (χ1) is 12.6. The van der Waals surface area contributed by atoms with Gasteiger partial charge < -0.3 is 10.1 Å². The van der Waals surface area contributed by atoms with Crippen molar-refractivity contribution < 1.29 is 9.53 Å². The molecule has 0 unspecified atom stereocenters. The number of carbonyl (C=O) groups excluding carboxylic acids is 1. The number of anilines is 1. The molecule has 0 saturated heterocycles. The second kappa shape index (κ2) is 6.53. The average molecular weight is 414 g/mol. The van der Waals surface area contributed by atoms with Gasteiger partial charge in [-0.05, 0) is 30.7 Å². The van der Waals surface area contributed by atoms with Crippen molar-refractivity contribution >= 4 is 27.7 Å². The lowest BCUT2D eigenvalue weighted by atomic mass is 9.86. The number of fused-ring (bicyclic) bond motifs is 1. The molecule has 132 valence electrons. The number of halogens is 1. The molecule has 1 aliphatic heterocycles. The highest BCUT2D eigenvalue weighted by atomic mass is 79.9. The molecular formula is C18H16BrN5O2. The molecule has 3 heterocycles. The zero-order valence-corrected chi connectivity index (χ0v) is 15.8. The van der Waals surface area contributed by atoms with Gasteiger partial charge in [0.25, 0.3) is 0 Å². The molecule has 4 rings (SSSR count). The lowest BCUT2D eigenvalue weighted by Gasteiger charge is -2.24. The highest BCUT2D eigenvalue weighted by Crippen LogP contribution is 2.40. The number of aryl methyl sites for hydroxylation is 1. The van der Waals surface area contributed by atoms with Gasteiger partial charge in [-0.2, -0.15) is 9.78 Å². The molecule has 1 N–H and O–H groups in total. The van der Waals surface area contributed by atoms with Crippen LogP contribution in [0.3, 0.4) is 0 Å². The van der Waals surface area contributed by atoms with Crippen LogP contribution in [0.5, 0.6) is 5.88 Å². The van der Waals surface area contributed by atoms with Crippen molar-refractivity contribution in [3.8, 4) is 11.7 Å². The first-order valence-corrected chi connectivity index (χ1v) is 8.89. The zero-order valence-electron chi connectivity index (χ0n) is 14.2. The van der Waals surface area contributed by atoms with E-state index in [-0.39, 0.29) is 11.8 Å². The standard InChI is InChI=1S/C18H16BrN5O2/c1-10-17-13(11-3-5-12(19)6-4-11)9-15(25)20-18(17)24(23-10)14-7-8-16(26-2)22-21-14/h3-8,13H,9H2,1-2H3,(H,20,25)/t13-/m0/s1. The first-order valence-electron chi connectivity index (χ1n) is 8.09. The Morgan fingerprint density at radius 2 is 1.96 bits per heavy atom. The van der Waals surface area contributed by atoms with Crippen molar-refractivity contribution in [3.63, 3.8) is 0 Å². The SMILES string of the molecule is COc1ccc(-n2nc(C)c3c2NC(=O)C[C@H]3c2ccc(Br)cc2)nn1. The second-order valence-electron chi connectivity index (χ2n) is 6.05. The lowest BCUT2D eigenvalue weighted by molar-refractivity contribution is -0.116. The van der Waals surface area contributed by atoms with Crippen molar-refractivity contribution in [2.75, 3.05) is 12.4 Å². The predicted octanol–water partition coefficient (Wildman–Crippen LogP) is 3.22. The van der Waals surface area contributed by atoms with Crippen molar-refractivity contribution in [1.29, 1.82) is 0 Å². The molecule has 0 spiro atoms. The molecule has 0 saturated carbocycles. The smallest absolute Gasteiger partial charge is 0.233 e. The summed E-state index contributed by atoms with van der Waals surface area (Å²) in [6, 6.07) is 11.5. The van der Waals surface area contributed by atoms with Crippen LogP contribution in [0.2, 0.25) is 0 Å². The van der Waals surface area contributed by atoms with Crippen LogP contribution in [0, 0.1) is 6.92 Å². The third-order valence-electron chi connectivity index (χ3n) is 4.43. The van der Waals surface area contributed by atoms with Crippen LogP contribution in [-0.4, -0.2) is 33.0 Å². The molecule has 2 aromatic heterocycles. The summed E-state index contributed by atoms with van der Waals surface area (Å²) in [7, 11) is 1.53. The number of hydrogen-bond acceptors (Lipinski definition) is 5. The minimum absolute atomic E-state index is 0.0481. The fourth-order valence-corrected chi connectivity index (χ4v) is 3.49. The molecule has 0 fully saturated rings. The maximum Gasteiger partial charge on any atom is 0.233 e. The fraction of sp³-hybridized carbons (Fsp3) is 0.222. The van der Waals surface area contributed by atoms with Crippen LogP contribution in [-0.2, 0) is 4.79 Å².